The molecule has 0 aliphatic heterocycles. The van der Waals surface area contributed by atoms with Crippen molar-refractivity contribution in [3.05, 3.63) is 42.0 Å². The van der Waals surface area contributed by atoms with Gasteiger partial charge in [-0.3, -0.25) is 0 Å². The minimum Gasteiger partial charge on any atom is -0.496 e. The van der Waals surface area contributed by atoms with Crippen LogP contribution in [-0.2, 0) is 6.42 Å². The Kier molecular flexibility index (Phi) is 6.28. The van der Waals surface area contributed by atoms with Gasteiger partial charge in [-0.2, -0.15) is 0 Å². The Labute approximate surface area is 124 Å². The minimum absolute atomic E-state index is 0.0377. The largest absolute Gasteiger partial charge is 0.496 e. The molecule has 0 fully saturated rings. The third-order valence-corrected chi connectivity index (χ3v) is 3.60. The van der Waals surface area contributed by atoms with Gasteiger partial charge in [0.05, 0.1) is 7.11 Å². The monoisotopic (exact) mass is 275 g/mol. The molecule has 1 rings (SSSR count). The lowest BCUT2D eigenvalue weighted by molar-refractivity contribution is 0.363. The fourth-order valence-electron chi connectivity index (χ4n) is 2.33. The molecule has 0 saturated heterocycles. The molecule has 1 N–H and O–H groups in total. The number of benzene rings is 1. The lowest BCUT2D eigenvalue weighted by Crippen LogP contribution is -2.34. The minimum atomic E-state index is 0.0377. The smallest absolute Gasteiger partial charge is 0.122 e. The summed E-state index contributed by atoms with van der Waals surface area (Å²) in [6, 6.07) is 6.35. The van der Waals surface area contributed by atoms with Gasteiger partial charge in [-0.25, -0.2) is 0 Å². The van der Waals surface area contributed by atoms with E-state index in [9.17, 15) is 0 Å². The van der Waals surface area contributed by atoms with E-state index < -0.39 is 0 Å². The third-order valence-electron chi connectivity index (χ3n) is 3.60. The van der Waals surface area contributed by atoms with Crippen LogP contribution in [0.2, 0.25) is 0 Å². The Bertz CT molecular complexity index is 439. The summed E-state index contributed by atoms with van der Waals surface area (Å²) in [5.41, 5.74) is 2.55. The Balaban J connectivity index is 2.81. The second-order valence-corrected chi connectivity index (χ2v) is 6.37. The molecule has 0 spiro atoms. The first kappa shape index (κ1) is 16.8. The molecule has 0 bridgehead atoms. The highest BCUT2D eigenvalue weighted by Gasteiger charge is 2.22. The molecule has 0 heterocycles. The number of nitrogens with one attached hydrogen (secondary N) is 1. The van der Waals surface area contributed by atoms with Crippen LogP contribution in [0, 0.1) is 18.3 Å². The van der Waals surface area contributed by atoms with Gasteiger partial charge in [0, 0.05) is 12.0 Å². The highest BCUT2D eigenvalue weighted by molar-refractivity contribution is 5.38. The molecule has 0 aliphatic rings. The summed E-state index contributed by atoms with van der Waals surface area (Å²) in [5, 5.41) is 3.54. The standard InChI is InChI=1S/C18H29NO/c1-7-18(5,13-19-12-14(2)3)11-16-10-15(4)8-9-17(16)20-6/h7-10,14,19H,1,11-13H2,2-6H3. The van der Waals surface area contributed by atoms with Gasteiger partial charge in [-0.1, -0.05) is 44.5 Å². The average Bonchev–Trinajstić information content (AvgIpc) is 2.38. The van der Waals surface area contributed by atoms with E-state index in [4.69, 9.17) is 4.74 Å². The highest BCUT2D eigenvalue weighted by atomic mass is 16.5. The van der Waals surface area contributed by atoms with Crippen LogP contribution >= 0.6 is 0 Å². The Morgan fingerprint density at radius 1 is 1.40 bits per heavy atom. The zero-order chi connectivity index (χ0) is 15.2. The molecule has 0 aliphatic carbocycles. The summed E-state index contributed by atoms with van der Waals surface area (Å²) < 4.78 is 5.48. The molecular weight excluding hydrogens is 246 g/mol. The third kappa shape index (κ3) is 5.01. The van der Waals surface area contributed by atoms with Crippen molar-refractivity contribution in [1.29, 1.82) is 0 Å². The van der Waals surface area contributed by atoms with Crippen LogP contribution in [0.3, 0.4) is 0 Å². The van der Waals surface area contributed by atoms with Crippen LogP contribution in [0.1, 0.15) is 31.9 Å². The molecule has 0 radical (unpaired) electrons. The molecular formula is C18H29NO. The van der Waals surface area contributed by atoms with Crippen molar-refractivity contribution in [2.24, 2.45) is 11.3 Å². The predicted octanol–water partition coefficient (Wildman–Crippen LogP) is 3.98. The number of ether oxygens (including phenoxy) is 1. The average molecular weight is 275 g/mol. The van der Waals surface area contributed by atoms with Crippen molar-refractivity contribution in [1.82, 2.24) is 5.32 Å². The Morgan fingerprint density at radius 3 is 2.65 bits per heavy atom. The SMILES string of the molecule is C=CC(C)(CNCC(C)C)Cc1cc(C)ccc1OC. The Hall–Kier alpha value is -1.28. The molecule has 1 aromatic carbocycles. The number of hydrogen-bond acceptors (Lipinski definition) is 2. The van der Waals surface area contributed by atoms with Crippen LogP contribution in [0.25, 0.3) is 0 Å². The highest BCUT2D eigenvalue weighted by Crippen LogP contribution is 2.29. The van der Waals surface area contributed by atoms with Crippen molar-refractivity contribution in [2.45, 2.75) is 34.1 Å². The summed E-state index contributed by atoms with van der Waals surface area (Å²) in [6.07, 6.45) is 2.99. The van der Waals surface area contributed by atoms with E-state index in [1.807, 2.05) is 0 Å². The van der Waals surface area contributed by atoms with E-state index in [0.717, 1.165) is 25.3 Å². The van der Waals surface area contributed by atoms with Gasteiger partial charge in [0.25, 0.3) is 0 Å². The van der Waals surface area contributed by atoms with E-state index in [1.165, 1.54) is 11.1 Å². The van der Waals surface area contributed by atoms with Gasteiger partial charge in [0.15, 0.2) is 0 Å². The van der Waals surface area contributed by atoms with Gasteiger partial charge < -0.3 is 10.1 Å². The normalized spacial score (nSPS) is 14.1. The number of methoxy groups -OCH3 is 1. The van der Waals surface area contributed by atoms with E-state index in [1.54, 1.807) is 7.11 Å². The van der Waals surface area contributed by atoms with Gasteiger partial charge in [-0.05, 0) is 37.4 Å². The van der Waals surface area contributed by atoms with E-state index in [-0.39, 0.29) is 5.41 Å². The maximum absolute atomic E-state index is 5.48. The lowest BCUT2D eigenvalue weighted by atomic mass is 9.83. The second kappa shape index (κ2) is 7.49. The quantitative estimate of drug-likeness (QED) is 0.724. The molecule has 1 aromatic rings. The molecule has 0 aromatic heterocycles. The Morgan fingerprint density at radius 2 is 2.10 bits per heavy atom. The summed E-state index contributed by atoms with van der Waals surface area (Å²) in [6.45, 7) is 14.8. The van der Waals surface area contributed by atoms with Crippen LogP contribution in [0.4, 0.5) is 0 Å². The first-order chi connectivity index (χ1) is 9.40. The molecule has 20 heavy (non-hydrogen) atoms. The zero-order valence-electron chi connectivity index (χ0n) is 13.6. The second-order valence-electron chi connectivity index (χ2n) is 6.37. The molecule has 1 unspecified atom stereocenters. The molecule has 2 nitrogen and oxygen atoms in total. The lowest BCUT2D eigenvalue weighted by Gasteiger charge is -2.28. The zero-order valence-corrected chi connectivity index (χ0v) is 13.6. The summed E-state index contributed by atoms with van der Waals surface area (Å²) in [7, 11) is 1.73. The van der Waals surface area contributed by atoms with Crippen LogP contribution in [0.5, 0.6) is 5.75 Å². The van der Waals surface area contributed by atoms with Gasteiger partial charge in [0.1, 0.15) is 5.75 Å². The van der Waals surface area contributed by atoms with Gasteiger partial charge in [0.2, 0.25) is 0 Å². The summed E-state index contributed by atoms with van der Waals surface area (Å²) in [4.78, 5) is 0. The summed E-state index contributed by atoms with van der Waals surface area (Å²) in [5.74, 6) is 1.63. The fourth-order valence-corrected chi connectivity index (χ4v) is 2.33. The summed E-state index contributed by atoms with van der Waals surface area (Å²) >= 11 is 0. The number of rotatable bonds is 8. The molecule has 2 heteroatoms. The van der Waals surface area contributed by atoms with Crippen LogP contribution < -0.4 is 10.1 Å². The van der Waals surface area contributed by atoms with Gasteiger partial charge in [-0.15, -0.1) is 6.58 Å². The molecule has 0 amide bonds. The van der Waals surface area contributed by atoms with Crippen molar-refractivity contribution < 1.29 is 4.74 Å². The van der Waals surface area contributed by atoms with E-state index in [2.05, 4.69) is 63.9 Å². The van der Waals surface area contributed by atoms with Crippen LogP contribution in [-0.4, -0.2) is 20.2 Å². The van der Waals surface area contributed by atoms with E-state index >= 15 is 0 Å². The number of aryl methyl sites for hydroxylation is 1. The van der Waals surface area contributed by atoms with Crippen molar-refractivity contribution in [2.75, 3.05) is 20.2 Å². The molecule has 1 atom stereocenters. The predicted molar refractivity (Wildman–Crippen MR) is 87.4 cm³/mol. The van der Waals surface area contributed by atoms with Crippen LogP contribution in [0.15, 0.2) is 30.9 Å². The van der Waals surface area contributed by atoms with Crippen molar-refractivity contribution in [3.8, 4) is 5.75 Å². The number of hydrogen-bond donors (Lipinski definition) is 1. The first-order valence-corrected chi connectivity index (χ1v) is 7.38. The van der Waals surface area contributed by atoms with Crippen molar-refractivity contribution in [3.63, 3.8) is 0 Å². The topological polar surface area (TPSA) is 21.3 Å². The van der Waals surface area contributed by atoms with Gasteiger partial charge >= 0.3 is 0 Å². The maximum atomic E-state index is 5.48. The molecule has 112 valence electrons. The first-order valence-electron chi connectivity index (χ1n) is 7.38. The van der Waals surface area contributed by atoms with Crippen molar-refractivity contribution >= 4 is 0 Å². The molecule has 0 saturated carbocycles. The fraction of sp³-hybridized carbons (Fsp3) is 0.556. The maximum Gasteiger partial charge on any atom is 0.122 e. The van der Waals surface area contributed by atoms with E-state index in [0.29, 0.717) is 5.92 Å².